The van der Waals surface area contributed by atoms with Gasteiger partial charge in [-0.25, -0.2) is 0 Å². The van der Waals surface area contributed by atoms with Crippen molar-refractivity contribution in [3.05, 3.63) is 12.7 Å². The molecule has 0 saturated carbocycles. The number of rotatable bonds is 4. The van der Waals surface area contributed by atoms with Gasteiger partial charge in [0.25, 0.3) is 0 Å². The molecule has 0 atom stereocenters. The molecule has 0 aromatic carbocycles. The van der Waals surface area contributed by atoms with Crippen molar-refractivity contribution in [1.82, 2.24) is 10.1 Å². The molecule has 16 heavy (non-hydrogen) atoms. The smallest absolute Gasteiger partial charge is 0.364 e. The molecule has 0 bridgehead atoms. The minimum Gasteiger partial charge on any atom is -0.364 e. The summed E-state index contributed by atoms with van der Waals surface area (Å²) in [6.45, 7) is -1.01. The van der Waals surface area contributed by atoms with Crippen molar-refractivity contribution in [3.8, 4) is 0 Å². The Morgan fingerprint density at radius 3 is 2.06 bits per heavy atom. The van der Waals surface area contributed by atoms with Crippen molar-refractivity contribution in [2.45, 2.75) is 11.6 Å². The Bertz CT molecular complexity index is 424. The van der Waals surface area contributed by atoms with Crippen LogP contribution in [0.2, 0.25) is 0 Å². The summed E-state index contributed by atoms with van der Waals surface area (Å²) < 4.78 is 22.7. The van der Waals surface area contributed by atoms with Crippen LogP contribution in [0.25, 0.3) is 0 Å². The number of nitrogens with one attached hydrogen (secondary N) is 1. The highest BCUT2D eigenvalue weighted by Gasteiger charge is 2.61. The summed E-state index contributed by atoms with van der Waals surface area (Å²) >= 11 is 0. The topological polar surface area (TPSA) is 168 Å². The molecule has 0 radical (unpaired) electrons. The van der Waals surface area contributed by atoms with Gasteiger partial charge in [-0.2, -0.15) is 9.78 Å². The van der Waals surface area contributed by atoms with Crippen LogP contribution in [0.5, 0.6) is 0 Å². The van der Waals surface area contributed by atoms with Crippen molar-refractivity contribution in [1.29, 1.82) is 0 Å². The number of aromatic nitrogens is 3. The third-order valence-electron chi connectivity index (χ3n) is 1.82. The Kier molecular flexibility index (Phi) is 3.37. The lowest BCUT2D eigenvalue weighted by molar-refractivity contribution is -0.756. The third kappa shape index (κ3) is 2.38. The highest BCUT2D eigenvalue weighted by Crippen LogP contribution is 2.67. The maximum Gasteiger partial charge on any atom is 0.373 e. The predicted molar refractivity (Wildman–Crippen MR) is 47.8 cm³/mol. The number of H-pyrrole nitrogens is 1. The summed E-state index contributed by atoms with van der Waals surface area (Å²) in [5.41, 5.74) is 0. The van der Waals surface area contributed by atoms with E-state index in [9.17, 15) is 14.2 Å². The molecule has 1 aromatic rings. The SMILES string of the molecule is O=P(O)(O)C(O)(C[n+]1cnc[nH]1)P(=O)(O)O. The van der Waals surface area contributed by atoms with E-state index in [-0.39, 0.29) is 0 Å². The van der Waals surface area contributed by atoms with Crippen molar-refractivity contribution >= 4 is 15.2 Å². The average molecular weight is 274 g/mol. The fourth-order valence-corrected chi connectivity index (χ4v) is 2.95. The van der Waals surface area contributed by atoms with Crippen LogP contribution in [0.3, 0.4) is 0 Å². The molecule has 0 amide bonds. The lowest BCUT2D eigenvalue weighted by Crippen LogP contribution is -2.48. The van der Waals surface area contributed by atoms with Crippen LogP contribution in [0.1, 0.15) is 0 Å². The molecule has 1 aromatic heterocycles. The van der Waals surface area contributed by atoms with Crippen molar-refractivity contribution in [2.75, 3.05) is 0 Å². The Morgan fingerprint density at radius 2 is 1.75 bits per heavy atom. The van der Waals surface area contributed by atoms with E-state index < -0.39 is 26.8 Å². The highest BCUT2D eigenvalue weighted by molar-refractivity contribution is 7.72. The molecule has 0 aliphatic rings. The minimum atomic E-state index is -5.43. The molecule has 0 saturated heterocycles. The zero-order chi connectivity index (χ0) is 12.6. The second-order valence-corrected chi connectivity index (χ2v) is 7.02. The van der Waals surface area contributed by atoms with Gasteiger partial charge < -0.3 is 24.7 Å². The van der Waals surface area contributed by atoms with Crippen LogP contribution < -0.4 is 4.68 Å². The van der Waals surface area contributed by atoms with Crippen LogP contribution in [0.4, 0.5) is 0 Å². The lowest BCUT2D eigenvalue weighted by Gasteiger charge is -2.26. The number of hydrogen-bond acceptors (Lipinski definition) is 4. The molecule has 12 heteroatoms. The van der Waals surface area contributed by atoms with Gasteiger partial charge in [-0.05, 0) is 4.98 Å². The predicted octanol–water partition coefficient (Wildman–Crippen LogP) is -2.30. The number of aliphatic hydroxyl groups is 1. The first-order valence-corrected chi connectivity index (χ1v) is 7.02. The zero-order valence-electron chi connectivity index (χ0n) is 7.70. The van der Waals surface area contributed by atoms with Gasteiger partial charge in [0.2, 0.25) is 6.33 Å². The van der Waals surface area contributed by atoms with Gasteiger partial charge >= 0.3 is 26.6 Å². The van der Waals surface area contributed by atoms with Crippen molar-refractivity contribution in [3.63, 3.8) is 0 Å². The standard InChI is InChI=1S/C4H9N3O7P2/c8-4(15(9,10)11,16(12,13)14)1-7-3-5-2-6-7/h2-3,8H,1H2,(H4,9,10,11,12,13,14)/p+1. The molecule has 0 aliphatic heterocycles. The van der Waals surface area contributed by atoms with Crippen LogP contribution >= 0.6 is 15.2 Å². The van der Waals surface area contributed by atoms with E-state index in [1.54, 1.807) is 0 Å². The molecule has 10 nitrogen and oxygen atoms in total. The van der Waals surface area contributed by atoms with E-state index in [0.717, 1.165) is 17.3 Å². The van der Waals surface area contributed by atoms with Gasteiger partial charge in [-0.15, -0.1) is 0 Å². The van der Waals surface area contributed by atoms with E-state index in [4.69, 9.17) is 19.6 Å². The number of aromatic amines is 1. The van der Waals surface area contributed by atoms with Crippen molar-refractivity contribution < 1.29 is 38.5 Å². The van der Waals surface area contributed by atoms with E-state index >= 15 is 0 Å². The average Bonchev–Trinajstić information content (AvgIpc) is 2.52. The van der Waals surface area contributed by atoms with E-state index in [2.05, 4.69) is 10.1 Å². The zero-order valence-corrected chi connectivity index (χ0v) is 9.49. The van der Waals surface area contributed by atoms with Crippen LogP contribution in [0, 0.1) is 0 Å². The molecular weight excluding hydrogens is 264 g/mol. The fraction of sp³-hybridized carbons (Fsp3) is 0.500. The quantitative estimate of drug-likeness (QED) is 0.263. The van der Waals surface area contributed by atoms with Gasteiger partial charge in [0, 0.05) is 0 Å². The largest absolute Gasteiger partial charge is 0.373 e. The molecular formula is C4H10N3O7P2+. The first kappa shape index (κ1) is 13.5. The highest BCUT2D eigenvalue weighted by atomic mass is 31.2. The summed E-state index contributed by atoms with van der Waals surface area (Å²) in [6.07, 6.45) is 2.12. The summed E-state index contributed by atoms with van der Waals surface area (Å²) in [7, 11) is -10.9. The maximum atomic E-state index is 10.9. The Hall–Kier alpha value is -0.600. The molecule has 0 aliphatic carbocycles. The molecule has 0 fully saturated rings. The van der Waals surface area contributed by atoms with Crippen LogP contribution in [-0.4, -0.2) is 39.8 Å². The Balaban J connectivity index is 3.18. The van der Waals surface area contributed by atoms with E-state index in [0.29, 0.717) is 0 Å². The summed E-state index contributed by atoms with van der Waals surface area (Å²) in [6, 6.07) is 0. The monoisotopic (exact) mass is 274 g/mol. The van der Waals surface area contributed by atoms with Gasteiger partial charge in [0.1, 0.15) is 0 Å². The Labute approximate surface area is 88.9 Å². The number of nitrogens with zero attached hydrogens (tertiary/aromatic N) is 2. The first-order valence-electron chi connectivity index (χ1n) is 3.79. The lowest BCUT2D eigenvalue weighted by atomic mass is 10.7. The maximum absolute atomic E-state index is 10.9. The van der Waals surface area contributed by atoms with Gasteiger partial charge in [-0.1, -0.05) is 0 Å². The number of hydrogen-bond donors (Lipinski definition) is 6. The van der Waals surface area contributed by atoms with Gasteiger partial charge in [-0.3, -0.25) is 9.13 Å². The minimum absolute atomic E-state index is 0.832. The summed E-state index contributed by atoms with van der Waals surface area (Å²) in [4.78, 5) is 38.6. The molecule has 92 valence electrons. The molecule has 0 unspecified atom stereocenters. The second-order valence-electron chi connectivity index (χ2n) is 3.01. The van der Waals surface area contributed by atoms with Crippen molar-refractivity contribution in [2.24, 2.45) is 0 Å². The molecule has 1 rings (SSSR count). The van der Waals surface area contributed by atoms with E-state index in [1.165, 1.54) is 0 Å². The third-order valence-corrected chi connectivity index (χ3v) is 5.53. The Morgan fingerprint density at radius 1 is 1.25 bits per heavy atom. The molecule has 1 heterocycles. The van der Waals surface area contributed by atoms with Gasteiger partial charge in [0.05, 0.1) is 0 Å². The van der Waals surface area contributed by atoms with Crippen LogP contribution in [0.15, 0.2) is 12.7 Å². The van der Waals surface area contributed by atoms with Gasteiger partial charge in [0.15, 0.2) is 6.54 Å². The summed E-state index contributed by atoms with van der Waals surface area (Å²) in [5, 5.41) is 8.28. The second kappa shape index (κ2) is 4.01. The van der Waals surface area contributed by atoms with E-state index in [1.807, 2.05) is 0 Å². The molecule has 6 N–H and O–H groups in total. The first-order chi connectivity index (χ1) is 7.08. The van der Waals surface area contributed by atoms with Crippen LogP contribution in [-0.2, 0) is 15.7 Å². The normalized spacial score (nSPS) is 14.1. The molecule has 0 spiro atoms. The fourth-order valence-electron chi connectivity index (χ4n) is 0.924. The summed E-state index contributed by atoms with van der Waals surface area (Å²) in [5.74, 6) is 0.